The van der Waals surface area contributed by atoms with Gasteiger partial charge in [-0.1, -0.05) is 0 Å². The number of carbonyl (C=O) groups excluding carboxylic acids is 2. The quantitative estimate of drug-likeness (QED) is 0.501. The van der Waals surface area contributed by atoms with Crippen LogP contribution in [-0.4, -0.2) is 23.9 Å². The molecule has 18 heavy (non-hydrogen) atoms. The second-order valence-electron chi connectivity index (χ2n) is 3.60. The van der Waals surface area contributed by atoms with Crippen LogP contribution in [0.2, 0.25) is 0 Å². The Morgan fingerprint density at radius 2 is 2.00 bits per heavy atom. The van der Waals surface area contributed by atoms with E-state index in [2.05, 4.69) is 10.1 Å². The van der Waals surface area contributed by atoms with Gasteiger partial charge in [0.15, 0.2) is 0 Å². The molecule has 7 heteroatoms. The monoisotopic (exact) mass is 252 g/mol. The highest BCUT2D eigenvalue weighted by atomic mass is 16.6. The van der Waals surface area contributed by atoms with Crippen LogP contribution in [-0.2, 0) is 9.53 Å². The molecule has 1 aromatic carbocycles. The van der Waals surface area contributed by atoms with Crippen molar-refractivity contribution in [3.05, 3.63) is 33.4 Å². The van der Waals surface area contributed by atoms with Gasteiger partial charge in [-0.2, -0.15) is 0 Å². The van der Waals surface area contributed by atoms with E-state index in [0.29, 0.717) is 0 Å². The largest absolute Gasteiger partial charge is 0.465 e. The van der Waals surface area contributed by atoms with Gasteiger partial charge in [0.05, 0.1) is 17.6 Å². The number of anilines is 1. The van der Waals surface area contributed by atoms with Crippen molar-refractivity contribution in [3.8, 4) is 0 Å². The summed E-state index contributed by atoms with van der Waals surface area (Å²) in [5, 5.41) is 13.3. The van der Waals surface area contributed by atoms with Crippen molar-refractivity contribution in [2.45, 2.75) is 13.8 Å². The lowest BCUT2D eigenvalue weighted by molar-refractivity contribution is -0.385. The number of methoxy groups -OCH3 is 1. The molecule has 1 aromatic rings. The molecule has 0 unspecified atom stereocenters. The van der Waals surface area contributed by atoms with Crippen LogP contribution in [0.15, 0.2) is 12.1 Å². The Hall–Kier alpha value is -2.44. The second kappa shape index (κ2) is 5.26. The fraction of sp³-hybridized carbons (Fsp3) is 0.273. The number of nitro benzene ring substituents is 1. The highest BCUT2D eigenvalue weighted by Gasteiger charge is 2.21. The van der Waals surface area contributed by atoms with Crippen LogP contribution in [0, 0.1) is 17.0 Å². The van der Waals surface area contributed by atoms with E-state index in [-0.39, 0.29) is 28.4 Å². The topological polar surface area (TPSA) is 98.5 Å². The fourth-order valence-corrected chi connectivity index (χ4v) is 1.49. The molecule has 1 N–H and O–H groups in total. The first-order chi connectivity index (χ1) is 8.36. The first kappa shape index (κ1) is 13.6. The number of carbonyl (C=O) groups is 2. The van der Waals surface area contributed by atoms with E-state index in [0.717, 1.165) is 0 Å². The van der Waals surface area contributed by atoms with Crippen LogP contribution in [0.25, 0.3) is 0 Å². The van der Waals surface area contributed by atoms with Crippen molar-refractivity contribution in [2.75, 3.05) is 12.4 Å². The lowest BCUT2D eigenvalue weighted by Crippen LogP contribution is -2.10. The second-order valence-corrected chi connectivity index (χ2v) is 3.60. The van der Waals surface area contributed by atoms with E-state index < -0.39 is 10.9 Å². The van der Waals surface area contributed by atoms with Gasteiger partial charge < -0.3 is 10.1 Å². The first-order valence-electron chi connectivity index (χ1n) is 5.01. The van der Waals surface area contributed by atoms with Gasteiger partial charge in [0.1, 0.15) is 0 Å². The number of hydrogen-bond acceptors (Lipinski definition) is 5. The van der Waals surface area contributed by atoms with E-state index in [1.807, 2.05) is 0 Å². The number of ether oxygens (including phenoxy) is 1. The Bertz CT molecular complexity index is 524. The SMILES string of the molecule is COC(=O)c1cc(NC(C)=O)cc([N+](=O)[O-])c1C. The van der Waals surface area contributed by atoms with Crippen molar-refractivity contribution in [3.63, 3.8) is 0 Å². The number of amides is 1. The molecule has 0 aromatic heterocycles. The van der Waals surface area contributed by atoms with E-state index in [1.54, 1.807) is 0 Å². The van der Waals surface area contributed by atoms with Gasteiger partial charge in [-0.15, -0.1) is 0 Å². The van der Waals surface area contributed by atoms with Gasteiger partial charge in [-0.3, -0.25) is 14.9 Å². The summed E-state index contributed by atoms with van der Waals surface area (Å²) in [6.07, 6.45) is 0. The molecule has 0 spiro atoms. The van der Waals surface area contributed by atoms with Crippen molar-refractivity contribution in [2.24, 2.45) is 0 Å². The number of esters is 1. The zero-order chi connectivity index (χ0) is 13.9. The summed E-state index contributed by atoms with van der Waals surface area (Å²) >= 11 is 0. The number of nitro groups is 1. The number of nitrogens with one attached hydrogen (secondary N) is 1. The normalized spacial score (nSPS) is 9.72. The van der Waals surface area contributed by atoms with Gasteiger partial charge in [-0.25, -0.2) is 4.79 Å². The Kier molecular flexibility index (Phi) is 3.98. The summed E-state index contributed by atoms with van der Waals surface area (Å²) < 4.78 is 4.54. The molecule has 0 fully saturated rings. The van der Waals surface area contributed by atoms with Crippen LogP contribution in [0.4, 0.5) is 11.4 Å². The molecule has 0 atom stereocenters. The van der Waals surface area contributed by atoms with Gasteiger partial charge in [-0.05, 0) is 13.0 Å². The number of nitrogens with zero attached hydrogens (tertiary/aromatic N) is 1. The molecule has 96 valence electrons. The Labute approximate surface area is 103 Å². The van der Waals surface area contributed by atoms with Crippen LogP contribution < -0.4 is 5.32 Å². The Morgan fingerprint density at radius 3 is 2.44 bits per heavy atom. The minimum atomic E-state index is -0.692. The van der Waals surface area contributed by atoms with Crippen molar-refractivity contribution in [1.29, 1.82) is 0 Å². The maximum atomic E-state index is 11.5. The fourth-order valence-electron chi connectivity index (χ4n) is 1.49. The average Bonchev–Trinajstić information content (AvgIpc) is 2.29. The minimum Gasteiger partial charge on any atom is -0.465 e. The lowest BCUT2D eigenvalue weighted by Gasteiger charge is -2.08. The summed E-state index contributed by atoms with van der Waals surface area (Å²) in [4.78, 5) is 32.7. The number of benzene rings is 1. The summed E-state index contributed by atoms with van der Waals surface area (Å²) in [5.41, 5.74) is 0.179. The zero-order valence-electron chi connectivity index (χ0n) is 10.1. The molecule has 0 saturated heterocycles. The summed E-state index contributed by atoms with van der Waals surface area (Å²) in [6.45, 7) is 2.71. The molecule has 0 aliphatic rings. The summed E-state index contributed by atoms with van der Waals surface area (Å²) in [6, 6.07) is 2.54. The number of hydrogen-bond donors (Lipinski definition) is 1. The molecular weight excluding hydrogens is 240 g/mol. The van der Waals surface area contributed by atoms with Crippen LogP contribution in [0.3, 0.4) is 0 Å². The van der Waals surface area contributed by atoms with Crippen molar-refractivity contribution >= 4 is 23.3 Å². The van der Waals surface area contributed by atoms with Gasteiger partial charge in [0.25, 0.3) is 5.69 Å². The minimum absolute atomic E-state index is 0.0513. The maximum Gasteiger partial charge on any atom is 0.338 e. The molecule has 1 rings (SSSR count). The summed E-state index contributed by atoms with van der Waals surface area (Å²) in [7, 11) is 1.18. The Morgan fingerprint density at radius 1 is 1.39 bits per heavy atom. The molecule has 7 nitrogen and oxygen atoms in total. The molecular formula is C11H12N2O5. The molecule has 0 aliphatic heterocycles. The summed E-state index contributed by atoms with van der Waals surface area (Å²) in [5.74, 6) is -1.08. The third-order valence-corrected chi connectivity index (χ3v) is 2.30. The smallest absolute Gasteiger partial charge is 0.338 e. The molecule has 0 saturated carbocycles. The van der Waals surface area contributed by atoms with Gasteiger partial charge in [0.2, 0.25) is 5.91 Å². The van der Waals surface area contributed by atoms with Crippen LogP contribution in [0.1, 0.15) is 22.8 Å². The van der Waals surface area contributed by atoms with Crippen LogP contribution >= 0.6 is 0 Å². The zero-order valence-corrected chi connectivity index (χ0v) is 10.1. The third kappa shape index (κ3) is 2.82. The molecule has 0 radical (unpaired) electrons. The van der Waals surface area contributed by atoms with E-state index in [4.69, 9.17) is 0 Å². The van der Waals surface area contributed by atoms with Gasteiger partial charge >= 0.3 is 5.97 Å². The first-order valence-corrected chi connectivity index (χ1v) is 5.01. The number of rotatable bonds is 3. The Balaban J connectivity index is 3.41. The average molecular weight is 252 g/mol. The van der Waals surface area contributed by atoms with Crippen molar-refractivity contribution < 1.29 is 19.2 Å². The van der Waals surface area contributed by atoms with E-state index in [1.165, 1.54) is 33.1 Å². The van der Waals surface area contributed by atoms with Crippen LogP contribution in [0.5, 0.6) is 0 Å². The lowest BCUT2D eigenvalue weighted by atomic mass is 10.1. The highest BCUT2D eigenvalue weighted by molar-refractivity contribution is 5.96. The highest BCUT2D eigenvalue weighted by Crippen LogP contribution is 2.27. The van der Waals surface area contributed by atoms with Crippen molar-refractivity contribution in [1.82, 2.24) is 0 Å². The molecule has 0 bridgehead atoms. The predicted octanol–water partition coefficient (Wildman–Crippen LogP) is 1.65. The third-order valence-electron chi connectivity index (χ3n) is 2.30. The maximum absolute atomic E-state index is 11.5. The standard InChI is InChI=1S/C11H12N2O5/c1-6-9(11(15)18-3)4-8(12-7(2)14)5-10(6)13(16)17/h4-5H,1-3H3,(H,12,14). The molecule has 0 aliphatic carbocycles. The molecule has 1 amide bonds. The molecule has 0 heterocycles. The van der Waals surface area contributed by atoms with E-state index >= 15 is 0 Å². The van der Waals surface area contributed by atoms with E-state index in [9.17, 15) is 19.7 Å². The predicted molar refractivity (Wildman–Crippen MR) is 63.5 cm³/mol. The van der Waals surface area contributed by atoms with Gasteiger partial charge in [0, 0.05) is 24.2 Å².